The van der Waals surface area contributed by atoms with Crippen molar-refractivity contribution in [1.29, 1.82) is 0 Å². The van der Waals surface area contributed by atoms with E-state index >= 15 is 0 Å². The Morgan fingerprint density at radius 1 is 1.45 bits per heavy atom. The summed E-state index contributed by atoms with van der Waals surface area (Å²) in [6.45, 7) is 5.78. The van der Waals surface area contributed by atoms with Crippen molar-refractivity contribution in [2.24, 2.45) is 0 Å². The predicted molar refractivity (Wildman–Crippen MR) is 42.5 cm³/mol. The lowest BCUT2D eigenvalue weighted by molar-refractivity contribution is 0.231. The van der Waals surface area contributed by atoms with Crippen LogP contribution in [0.5, 0.6) is 5.88 Å². The van der Waals surface area contributed by atoms with Crippen molar-refractivity contribution in [3.05, 3.63) is 18.1 Å². The maximum absolute atomic E-state index is 5.34. The molecule has 0 spiro atoms. The van der Waals surface area contributed by atoms with Crippen LogP contribution in [0.3, 0.4) is 0 Å². The molecular formula is C8H12N2O. The number of nitrogens with zero attached hydrogens (tertiary/aromatic N) is 2. The van der Waals surface area contributed by atoms with Gasteiger partial charge in [-0.1, -0.05) is 0 Å². The van der Waals surface area contributed by atoms with Gasteiger partial charge < -0.3 is 4.74 Å². The first-order valence-corrected chi connectivity index (χ1v) is 3.65. The molecule has 0 N–H and O–H groups in total. The van der Waals surface area contributed by atoms with Crippen molar-refractivity contribution in [3.63, 3.8) is 0 Å². The fourth-order valence-electron chi connectivity index (χ4n) is 0.742. The van der Waals surface area contributed by atoms with Gasteiger partial charge in [0.15, 0.2) is 0 Å². The first-order valence-electron chi connectivity index (χ1n) is 3.65. The summed E-state index contributed by atoms with van der Waals surface area (Å²) in [4.78, 5) is 8.04. The van der Waals surface area contributed by atoms with Crippen molar-refractivity contribution in [2.45, 2.75) is 26.9 Å². The zero-order valence-electron chi connectivity index (χ0n) is 7.03. The zero-order valence-corrected chi connectivity index (χ0v) is 7.03. The molecule has 60 valence electrons. The second-order valence-electron chi connectivity index (χ2n) is 2.61. The molecule has 0 unspecified atom stereocenters. The second kappa shape index (κ2) is 3.32. The van der Waals surface area contributed by atoms with Crippen molar-refractivity contribution >= 4 is 0 Å². The number of hydrogen-bond donors (Lipinski definition) is 0. The van der Waals surface area contributed by atoms with E-state index in [9.17, 15) is 0 Å². The van der Waals surface area contributed by atoms with Gasteiger partial charge in [0, 0.05) is 12.3 Å². The topological polar surface area (TPSA) is 35.0 Å². The minimum Gasteiger partial charge on any atom is -0.475 e. The second-order valence-corrected chi connectivity index (χ2v) is 2.61. The molecule has 1 rings (SSSR count). The van der Waals surface area contributed by atoms with Crippen molar-refractivity contribution in [3.8, 4) is 5.88 Å². The molecule has 0 aliphatic heterocycles. The molecule has 0 aliphatic rings. The Bertz CT molecular complexity index is 235. The molecule has 0 radical (unpaired) electrons. The van der Waals surface area contributed by atoms with E-state index in [1.807, 2.05) is 20.8 Å². The lowest BCUT2D eigenvalue weighted by atomic mass is 10.5. The van der Waals surface area contributed by atoms with Crippen LogP contribution in [0.25, 0.3) is 0 Å². The maximum Gasteiger partial charge on any atom is 0.216 e. The minimum atomic E-state index is 0.171. The van der Waals surface area contributed by atoms with E-state index in [0.717, 1.165) is 5.82 Å². The summed E-state index contributed by atoms with van der Waals surface area (Å²) >= 11 is 0. The third kappa shape index (κ3) is 2.53. The molecule has 0 bridgehead atoms. The summed E-state index contributed by atoms with van der Waals surface area (Å²) in [6, 6.07) is 1.76. The molecule has 3 nitrogen and oxygen atoms in total. The van der Waals surface area contributed by atoms with Crippen molar-refractivity contribution < 1.29 is 4.74 Å². The third-order valence-electron chi connectivity index (χ3n) is 1.11. The highest BCUT2D eigenvalue weighted by Gasteiger charge is 1.97. The van der Waals surface area contributed by atoms with E-state index in [1.165, 1.54) is 0 Å². The van der Waals surface area contributed by atoms with Gasteiger partial charge in [-0.2, -0.15) is 4.98 Å². The quantitative estimate of drug-likeness (QED) is 0.645. The summed E-state index contributed by atoms with van der Waals surface area (Å²) in [5, 5.41) is 0. The van der Waals surface area contributed by atoms with Crippen LogP contribution in [0.1, 0.15) is 19.7 Å². The highest BCUT2D eigenvalue weighted by atomic mass is 16.5. The molecule has 0 fully saturated rings. The van der Waals surface area contributed by atoms with Crippen LogP contribution in [0, 0.1) is 6.92 Å². The molecule has 0 saturated carbocycles. The van der Waals surface area contributed by atoms with Gasteiger partial charge >= 0.3 is 0 Å². The van der Waals surface area contributed by atoms with Crippen LogP contribution in [0.2, 0.25) is 0 Å². The van der Waals surface area contributed by atoms with Crippen LogP contribution >= 0.6 is 0 Å². The molecule has 0 atom stereocenters. The monoisotopic (exact) mass is 152 g/mol. The van der Waals surface area contributed by atoms with Gasteiger partial charge in [0.05, 0.1) is 6.10 Å². The molecule has 1 aromatic rings. The molecule has 0 saturated heterocycles. The number of aromatic nitrogens is 2. The van der Waals surface area contributed by atoms with Crippen LogP contribution in [0.15, 0.2) is 12.3 Å². The van der Waals surface area contributed by atoms with Crippen LogP contribution < -0.4 is 4.74 Å². The average molecular weight is 152 g/mol. The summed E-state index contributed by atoms with van der Waals surface area (Å²) in [6.07, 6.45) is 1.87. The summed E-state index contributed by atoms with van der Waals surface area (Å²) in [5.74, 6) is 1.38. The lowest BCUT2D eigenvalue weighted by Gasteiger charge is -2.07. The van der Waals surface area contributed by atoms with E-state index in [-0.39, 0.29) is 6.10 Å². The molecule has 1 aromatic heterocycles. The Hall–Kier alpha value is -1.12. The standard InChI is InChI=1S/C8H12N2O/c1-6(2)11-8-4-5-9-7(3)10-8/h4-6H,1-3H3. The molecule has 0 amide bonds. The molecule has 1 heterocycles. The van der Waals surface area contributed by atoms with E-state index in [0.29, 0.717) is 5.88 Å². The molecule has 3 heteroatoms. The summed E-state index contributed by atoms with van der Waals surface area (Å²) in [7, 11) is 0. The molecule has 0 aliphatic carbocycles. The van der Waals surface area contributed by atoms with Gasteiger partial charge in [-0.25, -0.2) is 4.98 Å². The highest BCUT2D eigenvalue weighted by molar-refractivity contribution is 5.07. The maximum atomic E-state index is 5.34. The van der Waals surface area contributed by atoms with E-state index < -0.39 is 0 Å². The normalized spacial score (nSPS) is 10.2. The smallest absolute Gasteiger partial charge is 0.216 e. The first kappa shape index (κ1) is 7.98. The highest BCUT2D eigenvalue weighted by Crippen LogP contribution is 2.06. The third-order valence-corrected chi connectivity index (χ3v) is 1.11. The van der Waals surface area contributed by atoms with Gasteiger partial charge in [0.25, 0.3) is 0 Å². The van der Waals surface area contributed by atoms with E-state index in [1.54, 1.807) is 12.3 Å². The number of ether oxygens (including phenoxy) is 1. The van der Waals surface area contributed by atoms with Crippen LogP contribution in [0.4, 0.5) is 0 Å². The van der Waals surface area contributed by atoms with Crippen LogP contribution in [-0.2, 0) is 0 Å². The Morgan fingerprint density at radius 2 is 2.18 bits per heavy atom. The number of aryl methyl sites for hydroxylation is 1. The summed E-state index contributed by atoms with van der Waals surface area (Å²) < 4.78 is 5.34. The zero-order chi connectivity index (χ0) is 8.27. The largest absolute Gasteiger partial charge is 0.475 e. The molecular weight excluding hydrogens is 140 g/mol. The lowest BCUT2D eigenvalue weighted by Crippen LogP contribution is -2.07. The van der Waals surface area contributed by atoms with Gasteiger partial charge in [0.2, 0.25) is 5.88 Å². The fraction of sp³-hybridized carbons (Fsp3) is 0.500. The molecule has 0 aromatic carbocycles. The number of rotatable bonds is 2. The van der Waals surface area contributed by atoms with Crippen molar-refractivity contribution in [2.75, 3.05) is 0 Å². The fourth-order valence-corrected chi connectivity index (χ4v) is 0.742. The van der Waals surface area contributed by atoms with Crippen molar-refractivity contribution in [1.82, 2.24) is 9.97 Å². The van der Waals surface area contributed by atoms with E-state index in [2.05, 4.69) is 9.97 Å². The SMILES string of the molecule is Cc1nccc(OC(C)C)n1. The number of hydrogen-bond acceptors (Lipinski definition) is 3. The average Bonchev–Trinajstić information content (AvgIpc) is 1.85. The van der Waals surface area contributed by atoms with Gasteiger partial charge in [-0.05, 0) is 20.8 Å². The Balaban J connectivity index is 2.71. The van der Waals surface area contributed by atoms with E-state index in [4.69, 9.17) is 4.74 Å². The van der Waals surface area contributed by atoms with Gasteiger partial charge in [0.1, 0.15) is 5.82 Å². The minimum absolute atomic E-state index is 0.171. The van der Waals surface area contributed by atoms with Gasteiger partial charge in [-0.15, -0.1) is 0 Å². The predicted octanol–water partition coefficient (Wildman–Crippen LogP) is 1.57. The van der Waals surface area contributed by atoms with Crippen LogP contribution in [-0.4, -0.2) is 16.1 Å². The Kier molecular flexibility index (Phi) is 2.41. The Labute approximate surface area is 66.4 Å². The van der Waals surface area contributed by atoms with Gasteiger partial charge in [-0.3, -0.25) is 0 Å². The summed E-state index contributed by atoms with van der Waals surface area (Å²) in [5.41, 5.74) is 0. The Morgan fingerprint density at radius 3 is 2.73 bits per heavy atom. The molecule has 11 heavy (non-hydrogen) atoms. The first-order chi connectivity index (χ1) is 5.18.